The first-order chi connectivity index (χ1) is 18.9. The van der Waals surface area contributed by atoms with E-state index in [1.165, 1.54) is 43.5 Å². The average Bonchev–Trinajstić information content (AvgIpc) is 3.44. The van der Waals surface area contributed by atoms with Gasteiger partial charge in [0.1, 0.15) is 13.2 Å². The number of nitro groups is 1. The molecule has 4 rings (SSSR count). The lowest BCUT2D eigenvalue weighted by molar-refractivity contribution is -0.384. The number of non-ortho nitro benzene ring substituents is 1. The number of hydrogen-bond donors (Lipinski definition) is 2. The van der Waals surface area contributed by atoms with Crippen molar-refractivity contribution >= 4 is 23.4 Å². The van der Waals surface area contributed by atoms with E-state index in [-0.39, 0.29) is 48.7 Å². The Morgan fingerprint density at radius 1 is 1.05 bits per heavy atom. The van der Waals surface area contributed by atoms with Gasteiger partial charge in [-0.15, -0.1) is 0 Å². The van der Waals surface area contributed by atoms with Crippen LogP contribution in [-0.2, 0) is 18.0 Å². The van der Waals surface area contributed by atoms with E-state index in [0.717, 1.165) is 12.0 Å². The Morgan fingerprint density at radius 2 is 1.77 bits per heavy atom. The van der Waals surface area contributed by atoms with Crippen LogP contribution in [-0.4, -0.2) is 53.2 Å². The summed E-state index contributed by atoms with van der Waals surface area (Å²) in [4.78, 5) is 38.2. The molecule has 2 amide bonds. The van der Waals surface area contributed by atoms with Gasteiger partial charge in [-0.2, -0.15) is 0 Å². The van der Waals surface area contributed by atoms with Crippen LogP contribution < -0.4 is 14.8 Å². The number of nitro benzene ring substituents is 1. The van der Waals surface area contributed by atoms with E-state index in [9.17, 15) is 24.8 Å². The van der Waals surface area contributed by atoms with Crippen molar-refractivity contribution in [1.82, 2.24) is 4.90 Å². The van der Waals surface area contributed by atoms with E-state index in [2.05, 4.69) is 5.32 Å². The summed E-state index contributed by atoms with van der Waals surface area (Å²) in [5, 5.41) is 23.2. The number of carbonyl (C=O) groups is 2. The molecule has 1 aliphatic heterocycles. The second-order valence-corrected chi connectivity index (χ2v) is 8.92. The third kappa shape index (κ3) is 6.82. The molecule has 1 aliphatic rings. The molecular weight excluding hydrogens is 506 g/mol. The molecule has 39 heavy (non-hydrogen) atoms. The number of hydrogen-bond acceptors (Lipinski definition) is 8. The lowest BCUT2D eigenvalue weighted by Crippen LogP contribution is -2.38. The summed E-state index contributed by atoms with van der Waals surface area (Å²) in [5.74, 6) is 0.243. The van der Waals surface area contributed by atoms with Crippen LogP contribution in [0.5, 0.6) is 11.5 Å². The van der Waals surface area contributed by atoms with Crippen LogP contribution in [0.3, 0.4) is 0 Å². The zero-order valence-corrected chi connectivity index (χ0v) is 21.4. The first kappa shape index (κ1) is 27.4. The SMILES string of the molecule is COc1cc(C(=O)N2CCC[C@H]2CO)c(NC(=O)OCc2ccc([N+](=O)[O-])cc2)cc1OCc1ccccc1. The summed E-state index contributed by atoms with van der Waals surface area (Å²) >= 11 is 0. The fraction of sp³-hybridized carbons (Fsp3) is 0.286. The molecule has 0 spiro atoms. The van der Waals surface area contributed by atoms with Crippen molar-refractivity contribution in [2.45, 2.75) is 32.1 Å². The molecule has 1 atom stereocenters. The molecular formula is C28H29N3O8. The maximum Gasteiger partial charge on any atom is 0.411 e. The van der Waals surface area contributed by atoms with E-state index in [1.807, 2.05) is 30.3 Å². The molecule has 1 heterocycles. The van der Waals surface area contributed by atoms with Crippen LogP contribution in [0, 0.1) is 10.1 Å². The zero-order chi connectivity index (χ0) is 27.8. The van der Waals surface area contributed by atoms with Crippen molar-refractivity contribution in [1.29, 1.82) is 0 Å². The zero-order valence-electron chi connectivity index (χ0n) is 21.4. The summed E-state index contributed by atoms with van der Waals surface area (Å²) < 4.78 is 16.8. The molecule has 1 saturated heterocycles. The van der Waals surface area contributed by atoms with Crippen LogP contribution in [0.1, 0.15) is 34.3 Å². The molecule has 0 bridgehead atoms. The predicted octanol–water partition coefficient (Wildman–Crippen LogP) is 4.53. The standard InChI is InChI=1S/C28H29N3O8/c1-37-25-14-23(27(33)30-13-5-8-22(30)16-32)24(15-26(25)38-17-19-6-3-2-4-7-19)29-28(34)39-18-20-9-11-21(12-10-20)31(35)36/h2-4,6-7,9-12,14-15,22,32H,5,8,13,16-18H2,1H3,(H,29,34)/t22-/m0/s1. The van der Waals surface area contributed by atoms with E-state index in [4.69, 9.17) is 14.2 Å². The van der Waals surface area contributed by atoms with Gasteiger partial charge in [0.15, 0.2) is 11.5 Å². The summed E-state index contributed by atoms with van der Waals surface area (Å²) in [6, 6.07) is 17.8. The molecule has 3 aromatic carbocycles. The quantitative estimate of drug-likeness (QED) is 0.285. The largest absolute Gasteiger partial charge is 0.493 e. The number of methoxy groups -OCH3 is 1. The second-order valence-electron chi connectivity index (χ2n) is 8.92. The molecule has 0 radical (unpaired) electrons. The molecule has 3 aromatic rings. The van der Waals surface area contributed by atoms with Crippen molar-refractivity contribution in [2.75, 3.05) is 25.6 Å². The highest BCUT2D eigenvalue weighted by molar-refractivity contribution is 6.03. The number of amides is 2. The summed E-state index contributed by atoms with van der Waals surface area (Å²) in [7, 11) is 1.46. The van der Waals surface area contributed by atoms with Crippen LogP contribution in [0.15, 0.2) is 66.7 Å². The van der Waals surface area contributed by atoms with Gasteiger partial charge in [-0.1, -0.05) is 30.3 Å². The molecule has 2 N–H and O–H groups in total. The van der Waals surface area contributed by atoms with E-state index in [0.29, 0.717) is 30.0 Å². The van der Waals surface area contributed by atoms with Gasteiger partial charge in [-0.05, 0) is 42.2 Å². The van der Waals surface area contributed by atoms with Gasteiger partial charge in [-0.25, -0.2) is 4.79 Å². The number of nitrogens with zero attached hydrogens (tertiary/aromatic N) is 2. The Balaban J connectivity index is 1.57. The minimum absolute atomic E-state index is 0.0734. The van der Waals surface area contributed by atoms with Crippen molar-refractivity contribution in [3.63, 3.8) is 0 Å². The average molecular weight is 536 g/mol. The van der Waals surface area contributed by atoms with Gasteiger partial charge in [0, 0.05) is 24.7 Å². The molecule has 0 unspecified atom stereocenters. The third-order valence-corrected chi connectivity index (χ3v) is 6.37. The molecule has 204 valence electrons. The number of aliphatic hydroxyl groups excluding tert-OH is 1. The van der Waals surface area contributed by atoms with Gasteiger partial charge in [-0.3, -0.25) is 20.2 Å². The smallest absolute Gasteiger partial charge is 0.411 e. The van der Waals surface area contributed by atoms with E-state index in [1.54, 1.807) is 4.90 Å². The molecule has 0 aliphatic carbocycles. The number of aliphatic hydroxyl groups is 1. The maximum atomic E-state index is 13.5. The van der Waals surface area contributed by atoms with Crippen LogP contribution in [0.4, 0.5) is 16.2 Å². The van der Waals surface area contributed by atoms with E-state index >= 15 is 0 Å². The number of benzene rings is 3. The summed E-state index contributed by atoms with van der Waals surface area (Å²) in [6.45, 7) is 0.399. The van der Waals surface area contributed by atoms with Crippen molar-refractivity contribution in [3.05, 3.63) is 93.5 Å². The minimum atomic E-state index is -0.832. The number of nitrogens with one attached hydrogen (secondary N) is 1. The fourth-order valence-electron chi connectivity index (χ4n) is 4.30. The van der Waals surface area contributed by atoms with Crippen molar-refractivity contribution in [2.24, 2.45) is 0 Å². The Hall–Kier alpha value is -4.64. The normalized spacial score (nSPS) is 14.5. The predicted molar refractivity (Wildman–Crippen MR) is 142 cm³/mol. The Bertz CT molecular complexity index is 1310. The third-order valence-electron chi connectivity index (χ3n) is 6.37. The van der Waals surface area contributed by atoms with Crippen LogP contribution in [0.25, 0.3) is 0 Å². The van der Waals surface area contributed by atoms with Gasteiger partial charge in [0.05, 0.1) is 35.9 Å². The van der Waals surface area contributed by atoms with E-state index < -0.39 is 11.0 Å². The second kappa shape index (κ2) is 12.7. The molecule has 0 saturated carbocycles. The number of carbonyl (C=O) groups excluding carboxylic acids is 2. The number of anilines is 1. The van der Waals surface area contributed by atoms with Crippen LogP contribution in [0.2, 0.25) is 0 Å². The van der Waals surface area contributed by atoms with Gasteiger partial charge in [0.25, 0.3) is 11.6 Å². The summed E-state index contributed by atoms with van der Waals surface area (Å²) in [6.07, 6.45) is 0.603. The van der Waals surface area contributed by atoms with Gasteiger partial charge in [0.2, 0.25) is 0 Å². The lowest BCUT2D eigenvalue weighted by atomic mass is 10.1. The van der Waals surface area contributed by atoms with Crippen molar-refractivity contribution in [3.8, 4) is 11.5 Å². The summed E-state index contributed by atoms with van der Waals surface area (Å²) in [5.41, 5.74) is 1.71. The highest BCUT2D eigenvalue weighted by atomic mass is 16.6. The Kier molecular flexibility index (Phi) is 8.95. The number of likely N-dealkylation sites (tertiary alicyclic amines) is 1. The van der Waals surface area contributed by atoms with Crippen molar-refractivity contribution < 1.29 is 33.8 Å². The molecule has 11 nitrogen and oxygen atoms in total. The number of rotatable bonds is 10. The topological polar surface area (TPSA) is 140 Å². The fourth-order valence-corrected chi connectivity index (χ4v) is 4.30. The van der Waals surface area contributed by atoms with Gasteiger partial charge < -0.3 is 24.2 Å². The maximum absolute atomic E-state index is 13.5. The van der Waals surface area contributed by atoms with Gasteiger partial charge >= 0.3 is 6.09 Å². The molecule has 1 fully saturated rings. The molecule has 11 heteroatoms. The highest BCUT2D eigenvalue weighted by Crippen LogP contribution is 2.36. The lowest BCUT2D eigenvalue weighted by Gasteiger charge is -2.25. The Morgan fingerprint density at radius 3 is 2.44 bits per heavy atom. The van der Waals surface area contributed by atoms with Crippen LogP contribution >= 0.6 is 0 Å². The first-order valence-electron chi connectivity index (χ1n) is 12.4. The number of ether oxygens (including phenoxy) is 3. The Labute approximate surface area is 225 Å². The first-order valence-corrected chi connectivity index (χ1v) is 12.4. The monoisotopic (exact) mass is 535 g/mol. The highest BCUT2D eigenvalue weighted by Gasteiger charge is 2.31. The minimum Gasteiger partial charge on any atom is -0.493 e. The molecule has 0 aromatic heterocycles.